The number of benzene rings is 1. The van der Waals surface area contributed by atoms with Gasteiger partial charge in [-0.3, -0.25) is 0 Å². The van der Waals surface area contributed by atoms with Gasteiger partial charge in [-0.05, 0) is 44.0 Å². The van der Waals surface area contributed by atoms with Crippen molar-refractivity contribution in [2.75, 3.05) is 6.54 Å². The fourth-order valence-electron chi connectivity index (χ4n) is 1.99. The van der Waals surface area contributed by atoms with Crippen LogP contribution in [0.2, 0.25) is 5.02 Å². The van der Waals surface area contributed by atoms with Crippen LogP contribution in [0.3, 0.4) is 0 Å². The highest BCUT2D eigenvalue weighted by atomic mass is 79.9. The van der Waals surface area contributed by atoms with Crippen molar-refractivity contribution < 1.29 is 5.11 Å². The van der Waals surface area contributed by atoms with Crippen molar-refractivity contribution in [1.29, 1.82) is 0 Å². The summed E-state index contributed by atoms with van der Waals surface area (Å²) in [5, 5.41) is 13.5. The third kappa shape index (κ3) is 4.86. The summed E-state index contributed by atoms with van der Waals surface area (Å²) in [6, 6.07) is 5.89. The van der Waals surface area contributed by atoms with Crippen molar-refractivity contribution in [3.05, 3.63) is 33.3 Å². The quantitative estimate of drug-likeness (QED) is 0.749. The molecule has 1 rings (SSSR count). The van der Waals surface area contributed by atoms with E-state index in [9.17, 15) is 5.11 Å². The topological polar surface area (TPSA) is 58.3 Å². The molecule has 0 aliphatic carbocycles. The molecule has 0 heterocycles. The molecule has 0 fully saturated rings. The van der Waals surface area contributed by atoms with Gasteiger partial charge in [-0.2, -0.15) is 0 Å². The monoisotopic (exact) mass is 334 g/mol. The average molecular weight is 336 g/mol. The third-order valence-corrected chi connectivity index (χ3v) is 3.59. The molecule has 0 aromatic heterocycles. The summed E-state index contributed by atoms with van der Waals surface area (Å²) in [7, 11) is 0. The van der Waals surface area contributed by atoms with E-state index in [1.165, 1.54) is 0 Å². The second-order valence-corrected chi connectivity index (χ2v) is 5.93. The molecule has 4 N–H and O–H groups in total. The molecule has 0 saturated carbocycles. The summed E-state index contributed by atoms with van der Waals surface area (Å²) in [6.07, 6.45) is 0.353. The van der Waals surface area contributed by atoms with Crippen LogP contribution >= 0.6 is 27.5 Å². The summed E-state index contributed by atoms with van der Waals surface area (Å²) in [4.78, 5) is 0. The maximum absolute atomic E-state index is 9.37. The molecule has 3 unspecified atom stereocenters. The molecule has 18 heavy (non-hydrogen) atoms. The summed E-state index contributed by atoms with van der Waals surface area (Å²) < 4.78 is 0.977. The first kappa shape index (κ1) is 15.9. The van der Waals surface area contributed by atoms with Crippen LogP contribution in [0.25, 0.3) is 0 Å². The van der Waals surface area contributed by atoms with Gasteiger partial charge in [0.2, 0.25) is 0 Å². The third-order valence-electron chi connectivity index (χ3n) is 2.75. The summed E-state index contributed by atoms with van der Waals surface area (Å²) >= 11 is 9.63. The summed E-state index contributed by atoms with van der Waals surface area (Å²) in [5.74, 6) is 0. The predicted octanol–water partition coefficient (Wildman–Crippen LogP) is 2.85. The zero-order valence-electron chi connectivity index (χ0n) is 10.7. The highest BCUT2D eigenvalue weighted by Crippen LogP contribution is 2.26. The van der Waals surface area contributed by atoms with E-state index in [4.69, 9.17) is 17.3 Å². The fraction of sp³-hybridized carbons (Fsp3) is 0.538. The number of aliphatic hydroxyl groups excluding tert-OH is 1. The second-order valence-electron chi connectivity index (χ2n) is 4.61. The zero-order chi connectivity index (χ0) is 13.7. The van der Waals surface area contributed by atoms with Crippen LogP contribution in [0.4, 0.5) is 0 Å². The largest absolute Gasteiger partial charge is 0.393 e. The van der Waals surface area contributed by atoms with E-state index in [-0.39, 0.29) is 18.2 Å². The number of halogens is 2. The Balaban J connectivity index is 2.79. The summed E-state index contributed by atoms with van der Waals surface area (Å²) in [5.41, 5.74) is 6.78. The van der Waals surface area contributed by atoms with Crippen LogP contribution < -0.4 is 11.1 Å². The van der Waals surface area contributed by atoms with Crippen LogP contribution in [0, 0.1) is 0 Å². The normalized spacial score (nSPS) is 16.3. The fourth-order valence-corrected chi connectivity index (χ4v) is 2.62. The van der Waals surface area contributed by atoms with Gasteiger partial charge < -0.3 is 16.2 Å². The molecule has 1 aromatic carbocycles. The Kier molecular flexibility index (Phi) is 6.60. The molecule has 3 nitrogen and oxygen atoms in total. The number of rotatable bonds is 6. The summed E-state index contributed by atoms with van der Waals surface area (Å²) in [6.45, 7) is 4.27. The number of aliphatic hydroxyl groups is 1. The molecular formula is C13H20BrClN2O. The van der Waals surface area contributed by atoms with Gasteiger partial charge >= 0.3 is 0 Å². The lowest BCUT2D eigenvalue weighted by molar-refractivity contribution is 0.168. The maximum atomic E-state index is 9.37. The standard InChI is InChI=1S/C13H20BrClN2O/c1-8(5-9(2)18)17-13(7-16)11-6-10(14)3-4-12(11)15/h3-4,6,8-9,13,17-18H,5,7,16H2,1-2H3. The van der Waals surface area contributed by atoms with Gasteiger partial charge in [0.15, 0.2) is 0 Å². The molecule has 0 spiro atoms. The van der Waals surface area contributed by atoms with Crippen molar-refractivity contribution in [1.82, 2.24) is 5.32 Å². The van der Waals surface area contributed by atoms with Crippen LogP contribution in [0.1, 0.15) is 31.9 Å². The van der Waals surface area contributed by atoms with Gasteiger partial charge in [0.25, 0.3) is 0 Å². The molecule has 102 valence electrons. The Bertz CT molecular complexity index is 387. The minimum atomic E-state index is -0.330. The van der Waals surface area contributed by atoms with Gasteiger partial charge in [-0.15, -0.1) is 0 Å². The Morgan fingerprint density at radius 3 is 2.67 bits per heavy atom. The van der Waals surface area contributed by atoms with E-state index in [1.807, 2.05) is 25.1 Å². The van der Waals surface area contributed by atoms with E-state index in [1.54, 1.807) is 6.92 Å². The van der Waals surface area contributed by atoms with Gasteiger partial charge in [-0.25, -0.2) is 0 Å². The molecule has 1 aromatic rings. The van der Waals surface area contributed by atoms with Crippen molar-refractivity contribution in [3.63, 3.8) is 0 Å². The van der Waals surface area contributed by atoms with Crippen molar-refractivity contribution in [2.45, 2.75) is 38.5 Å². The van der Waals surface area contributed by atoms with Gasteiger partial charge in [0.05, 0.1) is 6.10 Å². The molecule has 0 aliphatic heterocycles. The Hall–Kier alpha value is -0.130. The number of nitrogens with one attached hydrogen (secondary N) is 1. The number of hydrogen-bond acceptors (Lipinski definition) is 3. The van der Waals surface area contributed by atoms with Crippen LogP contribution in [0.5, 0.6) is 0 Å². The van der Waals surface area contributed by atoms with E-state index in [2.05, 4.69) is 21.2 Å². The smallest absolute Gasteiger partial charge is 0.0526 e. The molecule has 0 aliphatic rings. The first-order valence-corrected chi connectivity index (χ1v) is 7.20. The highest BCUT2D eigenvalue weighted by Gasteiger charge is 2.16. The van der Waals surface area contributed by atoms with E-state index >= 15 is 0 Å². The van der Waals surface area contributed by atoms with Gasteiger partial charge in [0, 0.05) is 28.1 Å². The molecule has 0 radical (unpaired) electrons. The average Bonchev–Trinajstić information content (AvgIpc) is 2.28. The van der Waals surface area contributed by atoms with Crippen molar-refractivity contribution in [2.24, 2.45) is 5.73 Å². The van der Waals surface area contributed by atoms with E-state index in [0.29, 0.717) is 18.0 Å². The molecule has 0 saturated heterocycles. The van der Waals surface area contributed by atoms with Crippen molar-refractivity contribution >= 4 is 27.5 Å². The number of hydrogen-bond donors (Lipinski definition) is 3. The van der Waals surface area contributed by atoms with Crippen LogP contribution in [0.15, 0.2) is 22.7 Å². The molecule has 0 bridgehead atoms. The Labute approximate surface area is 122 Å². The maximum Gasteiger partial charge on any atom is 0.0526 e. The van der Waals surface area contributed by atoms with Crippen molar-refractivity contribution in [3.8, 4) is 0 Å². The van der Waals surface area contributed by atoms with Gasteiger partial charge in [0.1, 0.15) is 0 Å². The first-order valence-electron chi connectivity index (χ1n) is 6.03. The minimum absolute atomic E-state index is 0.0104. The van der Waals surface area contributed by atoms with Crippen LogP contribution in [-0.2, 0) is 0 Å². The molecule has 3 atom stereocenters. The molecule has 5 heteroatoms. The lowest BCUT2D eigenvalue weighted by Crippen LogP contribution is -2.36. The molecular weight excluding hydrogens is 316 g/mol. The Morgan fingerprint density at radius 2 is 2.11 bits per heavy atom. The first-order chi connectivity index (χ1) is 8.43. The minimum Gasteiger partial charge on any atom is -0.393 e. The van der Waals surface area contributed by atoms with Crippen LogP contribution in [-0.4, -0.2) is 23.8 Å². The second kappa shape index (κ2) is 7.46. The van der Waals surface area contributed by atoms with E-state index in [0.717, 1.165) is 10.0 Å². The highest BCUT2D eigenvalue weighted by molar-refractivity contribution is 9.10. The SMILES string of the molecule is CC(O)CC(C)NC(CN)c1cc(Br)ccc1Cl. The van der Waals surface area contributed by atoms with Gasteiger partial charge in [-0.1, -0.05) is 27.5 Å². The lowest BCUT2D eigenvalue weighted by atomic mass is 10.0. The Morgan fingerprint density at radius 1 is 1.44 bits per heavy atom. The predicted molar refractivity (Wildman–Crippen MR) is 79.8 cm³/mol. The molecule has 0 amide bonds. The number of nitrogens with two attached hydrogens (primary N) is 1. The lowest BCUT2D eigenvalue weighted by Gasteiger charge is -2.24. The van der Waals surface area contributed by atoms with E-state index < -0.39 is 0 Å². The zero-order valence-corrected chi connectivity index (χ0v) is 13.0.